The highest BCUT2D eigenvalue weighted by Gasteiger charge is 2.24. The van der Waals surface area contributed by atoms with Crippen LogP contribution in [0.5, 0.6) is 0 Å². The smallest absolute Gasteiger partial charge is 0.246 e. The second-order valence-electron chi connectivity index (χ2n) is 4.16. The Morgan fingerprint density at radius 1 is 1.56 bits per heavy atom. The quantitative estimate of drug-likeness (QED) is 0.807. The van der Waals surface area contributed by atoms with E-state index in [0.29, 0.717) is 17.5 Å². The molecule has 8 heteroatoms. The number of aromatic nitrogens is 2. The fourth-order valence-electron chi connectivity index (χ4n) is 1.53. The van der Waals surface area contributed by atoms with Crippen molar-refractivity contribution < 1.29 is 8.42 Å². The van der Waals surface area contributed by atoms with Gasteiger partial charge in [-0.1, -0.05) is 6.92 Å². The first-order chi connectivity index (χ1) is 8.29. The van der Waals surface area contributed by atoms with Crippen molar-refractivity contribution in [2.24, 2.45) is 7.05 Å². The lowest BCUT2D eigenvalue weighted by Crippen LogP contribution is -2.27. The minimum atomic E-state index is -3.57. The van der Waals surface area contributed by atoms with Gasteiger partial charge in [0.25, 0.3) is 0 Å². The maximum atomic E-state index is 12.1. The third kappa shape index (κ3) is 3.39. The molecule has 1 rings (SSSR count). The van der Waals surface area contributed by atoms with E-state index in [1.165, 1.54) is 4.68 Å². The fraction of sp³-hybridized carbons (Fsp3) is 0.700. The minimum absolute atomic E-state index is 0.0421. The highest BCUT2D eigenvalue weighted by molar-refractivity contribution is 7.99. The van der Waals surface area contributed by atoms with Crippen molar-refractivity contribution >= 4 is 27.6 Å². The molecule has 0 radical (unpaired) electrons. The number of hydrogen-bond donors (Lipinski definition) is 2. The molecule has 1 aromatic rings. The lowest BCUT2D eigenvalue weighted by Gasteiger charge is -2.10. The van der Waals surface area contributed by atoms with Crippen LogP contribution in [-0.2, 0) is 17.1 Å². The molecule has 0 aliphatic carbocycles. The molecule has 104 valence electrons. The first-order valence-electron chi connectivity index (χ1n) is 5.61. The van der Waals surface area contributed by atoms with Gasteiger partial charge in [-0.15, -0.1) is 0 Å². The summed E-state index contributed by atoms with van der Waals surface area (Å²) in [7, 11) is -1.91. The zero-order chi connectivity index (χ0) is 13.9. The van der Waals surface area contributed by atoms with Crippen LogP contribution in [0.1, 0.15) is 19.0 Å². The normalized spacial score (nSPS) is 13.8. The van der Waals surface area contributed by atoms with E-state index in [4.69, 9.17) is 5.73 Å². The molecule has 0 amide bonds. The molecule has 0 fully saturated rings. The largest absolute Gasteiger partial charge is 0.381 e. The van der Waals surface area contributed by atoms with Crippen molar-refractivity contribution in [1.29, 1.82) is 0 Å². The molecule has 0 saturated carbocycles. The van der Waals surface area contributed by atoms with E-state index in [2.05, 4.69) is 16.7 Å². The minimum Gasteiger partial charge on any atom is -0.381 e. The van der Waals surface area contributed by atoms with Gasteiger partial charge in [0.1, 0.15) is 4.90 Å². The summed E-state index contributed by atoms with van der Waals surface area (Å²) in [4.78, 5) is 0.0850. The van der Waals surface area contributed by atoms with Crippen molar-refractivity contribution in [2.75, 3.05) is 18.5 Å². The van der Waals surface area contributed by atoms with Gasteiger partial charge < -0.3 is 5.73 Å². The monoisotopic (exact) mass is 292 g/mol. The third-order valence-electron chi connectivity index (χ3n) is 2.82. The average molecular weight is 292 g/mol. The van der Waals surface area contributed by atoms with Gasteiger partial charge in [0.05, 0.1) is 5.69 Å². The molecule has 3 N–H and O–H groups in total. The van der Waals surface area contributed by atoms with Crippen LogP contribution in [-0.4, -0.2) is 36.2 Å². The second kappa shape index (κ2) is 5.94. The van der Waals surface area contributed by atoms with Gasteiger partial charge in [-0.2, -0.15) is 16.9 Å². The summed E-state index contributed by atoms with van der Waals surface area (Å²) in [5.74, 6) is 0.0421. The molecule has 1 atom stereocenters. The Labute approximate surface area is 112 Å². The van der Waals surface area contributed by atoms with E-state index < -0.39 is 10.0 Å². The van der Waals surface area contributed by atoms with Gasteiger partial charge in [-0.25, -0.2) is 13.1 Å². The molecule has 1 heterocycles. The SMILES string of the molecule is CSC(C)CCNS(=O)(=O)c1c(N)nn(C)c1C. The van der Waals surface area contributed by atoms with Crippen LogP contribution in [0.25, 0.3) is 0 Å². The van der Waals surface area contributed by atoms with Crippen molar-refractivity contribution in [3.05, 3.63) is 5.69 Å². The molecule has 1 unspecified atom stereocenters. The number of sulfonamides is 1. The molecule has 6 nitrogen and oxygen atoms in total. The maximum absolute atomic E-state index is 12.1. The topological polar surface area (TPSA) is 90.0 Å². The highest BCUT2D eigenvalue weighted by Crippen LogP contribution is 2.20. The van der Waals surface area contributed by atoms with Crippen molar-refractivity contribution in [2.45, 2.75) is 30.4 Å². The molecule has 18 heavy (non-hydrogen) atoms. The Morgan fingerprint density at radius 2 is 2.17 bits per heavy atom. The zero-order valence-corrected chi connectivity index (χ0v) is 12.7. The number of hydrogen-bond acceptors (Lipinski definition) is 5. The second-order valence-corrected chi connectivity index (χ2v) is 7.14. The van der Waals surface area contributed by atoms with Gasteiger partial charge in [0.15, 0.2) is 5.82 Å². The van der Waals surface area contributed by atoms with Crippen LogP contribution in [0, 0.1) is 6.92 Å². The van der Waals surface area contributed by atoms with Gasteiger partial charge in [0.2, 0.25) is 10.0 Å². The number of nitrogen functional groups attached to an aromatic ring is 1. The number of nitrogens with one attached hydrogen (secondary N) is 1. The number of nitrogens with zero attached hydrogens (tertiary/aromatic N) is 2. The zero-order valence-electron chi connectivity index (χ0n) is 11.1. The van der Waals surface area contributed by atoms with Crippen molar-refractivity contribution in [1.82, 2.24) is 14.5 Å². The van der Waals surface area contributed by atoms with Gasteiger partial charge in [-0.05, 0) is 19.6 Å². The van der Waals surface area contributed by atoms with Crippen LogP contribution in [0.3, 0.4) is 0 Å². The van der Waals surface area contributed by atoms with E-state index in [1.54, 1.807) is 25.7 Å². The summed E-state index contributed by atoms with van der Waals surface area (Å²) in [6, 6.07) is 0. The third-order valence-corrected chi connectivity index (χ3v) is 5.49. The van der Waals surface area contributed by atoms with Crippen LogP contribution >= 0.6 is 11.8 Å². The van der Waals surface area contributed by atoms with Gasteiger partial charge in [-0.3, -0.25) is 4.68 Å². The van der Waals surface area contributed by atoms with E-state index in [0.717, 1.165) is 6.42 Å². The molecule has 0 aliphatic heterocycles. The summed E-state index contributed by atoms with van der Waals surface area (Å²) in [6.45, 7) is 4.14. The fourth-order valence-corrected chi connectivity index (χ4v) is 3.25. The molecular formula is C10H20N4O2S2. The van der Waals surface area contributed by atoms with Crippen molar-refractivity contribution in [3.63, 3.8) is 0 Å². The van der Waals surface area contributed by atoms with E-state index >= 15 is 0 Å². The Bertz CT molecular complexity index is 510. The molecule has 0 saturated heterocycles. The molecular weight excluding hydrogens is 272 g/mol. The highest BCUT2D eigenvalue weighted by atomic mass is 32.2. The average Bonchev–Trinajstić information content (AvgIpc) is 2.52. The summed E-state index contributed by atoms with van der Waals surface area (Å²) < 4.78 is 28.2. The van der Waals surface area contributed by atoms with E-state index in [9.17, 15) is 8.42 Å². The summed E-state index contributed by atoms with van der Waals surface area (Å²) in [5, 5.41) is 4.32. The number of thioether (sulfide) groups is 1. The first-order valence-corrected chi connectivity index (χ1v) is 8.38. The van der Waals surface area contributed by atoms with Crippen LogP contribution < -0.4 is 10.5 Å². The summed E-state index contributed by atoms with van der Waals surface area (Å²) in [5.41, 5.74) is 6.17. The van der Waals surface area contributed by atoms with Gasteiger partial charge >= 0.3 is 0 Å². The van der Waals surface area contributed by atoms with Crippen molar-refractivity contribution in [3.8, 4) is 0 Å². The lowest BCUT2D eigenvalue weighted by atomic mass is 10.3. The predicted molar refractivity (Wildman–Crippen MR) is 75.1 cm³/mol. The maximum Gasteiger partial charge on any atom is 0.246 e. The molecule has 1 aromatic heterocycles. The Kier molecular flexibility index (Phi) is 5.06. The van der Waals surface area contributed by atoms with E-state index in [-0.39, 0.29) is 10.7 Å². The predicted octanol–water partition coefficient (Wildman–Crippen LogP) is 0.731. The number of aryl methyl sites for hydroxylation is 1. The molecule has 0 spiro atoms. The Morgan fingerprint density at radius 3 is 2.61 bits per heavy atom. The molecule has 0 bridgehead atoms. The summed E-state index contributed by atoms with van der Waals surface area (Å²) in [6.07, 6.45) is 2.78. The summed E-state index contributed by atoms with van der Waals surface area (Å²) >= 11 is 1.71. The lowest BCUT2D eigenvalue weighted by molar-refractivity contribution is 0.578. The molecule has 0 aromatic carbocycles. The van der Waals surface area contributed by atoms with Crippen LogP contribution in [0.4, 0.5) is 5.82 Å². The number of nitrogens with two attached hydrogens (primary N) is 1. The number of rotatable bonds is 6. The number of anilines is 1. The standard InChI is InChI=1S/C10H20N4O2S2/c1-7(17-4)5-6-12-18(15,16)9-8(2)14(3)13-10(9)11/h7,12H,5-6H2,1-4H3,(H2,11,13). The Hall–Kier alpha value is -0.730. The first kappa shape index (κ1) is 15.3. The van der Waals surface area contributed by atoms with E-state index in [1.807, 2.05) is 6.26 Å². The van der Waals surface area contributed by atoms with Crippen LogP contribution in [0.2, 0.25) is 0 Å². The van der Waals surface area contributed by atoms with Crippen LogP contribution in [0.15, 0.2) is 4.90 Å². The van der Waals surface area contributed by atoms with Gasteiger partial charge in [0, 0.05) is 18.8 Å². The molecule has 0 aliphatic rings. The Balaban J connectivity index is 2.81.